The van der Waals surface area contributed by atoms with Crippen molar-refractivity contribution < 1.29 is 0 Å². The van der Waals surface area contributed by atoms with Gasteiger partial charge < -0.3 is 0 Å². The Bertz CT molecular complexity index is 472. The van der Waals surface area contributed by atoms with Gasteiger partial charge in [-0.3, -0.25) is 0 Å². The molecule has 0 heterocycles. The fourth-order valence-electron chi connectivity index (χ4n) is 1.15. The van der Waals surface area contributed by atoms with Gasteiger partial charge in [0.2, 0.25) is 0 Å². The van der Waals surface area contributed by atoms with Crippen LogP contribution in [0.3, 0.4) is 0 Å². The lowest BCUT2D eigenvalue weighted by molar-refractivity contribution is 0.955. The number of benzene rings is 1. The quantitative estimate of drug-likeness (QED) is 0.429. The van der Waals surface area contributed by atoms with Crippen molar-refractivity contribution in [3.05, 3.63) is 48.0 Å². The number of hydrogen-bond donors (Lipinski definition) is 0. The molecule has 0 radical (unpaired) electrons. The molecule has 0 amide bonds. The standard InChI is InChI=1S/C9H8.C8H12.C4H6.C3H8/c1-2-6-9-7-4-3-5-8-9;1-3-5-7-8-6-4-2;1-3-4-2;1-3-2/h1,3-5,7-8H,6H2;1,7-8H,4-6H2,2H3;1H,4H2,2H3;3H2,1-2H3. The van der Waals surface area contributed by atoms with Gasteiger partial charge in [-0.15, -0.1) is 37.0 Å². The van der Waals surface area contributed by atoms with Gasteiger partial charge in [0.1, 0.15) is 0 Å². The lowest BCUT2D eigenvalue weighted by atomic mass is 10.2. The summed E-state index contributed by atoms with van der Waals surface area (Å²) in [5, 5.41) is 0. The minimum absolute atomic E-state index is 0.737. The summed E-state index contributed by atoms with van der Waals surface area (Å²) in [6, 6.07) is 10.0. The minimum Gasteiger partial charge on any atom is -0.120 e. The fraction of sp³-hybridized carbons (Fsp3) is 0.417. The molecule has 0 heteroatoms. The van der Waals surface area contributed by atoms with E-state index in [9.17, 15) is 0 Å². The SMILES string of the molecule is C#CCC.C#CCC=CCCC.C#CCc1ccccc1.CCC. The molecule has 0 aliphatic heterocycles. The highest BCUT2D eigenvalue weighted by Gasteiger charge is 1.82. The van der Waals surface area contributed by atoms with Gasteiger partial charge in [-0.05, 0) is 12.0 Å². The van der Waals surface area contributed by atoms with Crippen molar-refractivity contribution in [2.75, 3.05) is 0 Å². The maximum Gasteiger partial charge on any atom is 0.0337 e. The summed E-state index contributed by atoms with van der Waals surface area (Å²) in [6.07, 6.45) is 25.0. The lowest BCUT2D eigenvalue weighted by Crippen LogP contribution is -1.76. The van der Waals surface area contributed by atoms with E-state index >= 15 is 0 Å². The molecule has 0 spiro atoms. The number of terminal acetylenes is 3. The van der Waals surface area contributed by atoms with Crippen LogP contribution < -0.4 is 0 Å². The van der Waals surface area contributed by atoms with E-state index in [1.165, 1.54) is 18.4 Å². The largest absolute Gasteiger partial charge is 0.120 e. The normalized spacial score (nSPS) is 7.88. The van der Waals surface area contributed by atoms with E-state index < -0.39 is 0 Å². The molecule has 0 aliphatic carbocycles. The Kier molecular flexibility index (Phi) is 31.8. The first kappa shape index (κ1) is 26.5. The van der Waals surface area contributed by atoms with Crippen LogP contribution >= 0.6 is 0 Å². The summed E-state index contributed by atoms with van der Waals surface area (Å²) in [5.74, 6) is 7.55. The summed E-state index contributed by atoms with van der Waals surface area (Å²) in [7, 11) is 0. The van der Waals surface area contributed by atoms with Gasteiger partial charge in [-0.1, -0.05) is 83.0 Å². The van der Waals surface area contributed by atoms with Gasteiger partial charge in [0, 0.05) is 19.3 Å². The summed E-state index contributed by atoms with van der Waals surface area (Å²) in [6.45, 7) is 8.35. The topological polar surface area (TPSA) is 0 Å². The Hall–Kier alpha value is -2.36. The molecule has 1 rings (SSSR count). The van der Waals surface area contributed by atoms with Crippen molar-refractivity contribution in [3.63, 3.8) is 0 Å². The average molecular weight is 323 g/mol. The molecule has 0 saturated heterocycles. The Balaban J connectivity index is -0.000000269. The van der Waals surface area contributed by atoms with Crippen molar-refractivity contribution >= 4 is 0 Å². The lowest BCUT2D eigenvalue weighted by Gasteiger charge is -1.89. The van der Waals surface area contributed by atoms with Crippen LogP contribution in [-0.2, 0) is 6.42 Å². The van der Waals surface area contributed by atoms with Crippen molar-refractivity contribution in [1.29, 1.82) is 0 Å². The zero-order valence-electron chi connectivity index (χ0n) is 16.0. The first-order valence-corrected chi connectivity index (χ1v) is 8.67. The van der Waals surface area contributed by atoms with Crippen LogP contribution in [0.5, 0.6) is 0 Å². The molecule has 0 saturated carbocycles. The van der Waals surface area contributed by atoms with E-state index in [2.05, 4.69) is 44.6 Å². The Labute approximate surface area is 151 Å². The molecule has 1 aromatic carbocycles. The average Bonchev–Trinajstić information content (AvgIpc) is 2.61. The van der Waals surface area contributed by atoms with Crippen LogP contribution in [0.2, 0.25) is 0 Å². The molecule has 0 aromatic heterocycles. The van der Waals surface area contributed by atoms with E-state index in [0.29, 0.717) is 0 Å². The third kappa shape index (κ3) is 31.8. The van der Waals surface area contributed by atoms with Crippen LogP contribution in [0, 0.1) is 37.0 Å². The van der Waals surface area contributed by atoms with Crippen molar-refractivity contribution in [2.24, 2.45) is 0 Å². The molecule has 0 aliphatic rings. The monoisotopic (exact) mass is 322 g/mol. The highest BCUT2D eigenvalue weighted by atomic mass is 13.9. The third-order valence-corrected chi connectivity index (χ3v) is 2.21. The first-order valence-electron chi connectivity index (χ1n) is 8.67. The van der Waals surface area contributed by atoms with Crippen LogP contribution in [0.4, 0.5) is 0 Å². The Morgan fingerprint density at radius 2 is 1.38 bits per heavy atom. The predicted octanol–water partition coefficient (Wildman–Crippen LogP) is 6.67. The summed E-state index contributed by atoms with van der Waals surface area (Å²) in [4.78, 5) is 0. The molecule has 0 N–H and O–H groups in total. The van der Waals surface area contributed by atoms with Crippen molar-refractivity contribution in [3.8, 4) is 37.0 Å². The highest BCUT2D eigenvalue weighted by molar-refractivity contribution is 5.18. The second kappa shape index (κ2) is 28.8. The zero-order chi connectivity index (χ0) is 18.9. The predicted molar refractivity (Wildman–Crippen MR) is 112 cm³/mol. The maximum absolute atomic E-state index is 5.11. The van der Waals surface area contributed by atoms with Crippen molar-refractivity contribution in [1.82, 2.24) is 0 Å². The summed E-state index contributed by atoms with van der Waals surface area (Å²) in [5.41, 5.74) is 1.21. The van der Waals surface area contributed by atoms with E-state index in [-0.39, 0.29) is 0 Å². The Morgan fingerprint density at radius 3 is 1.75 bits per heavy atom. The van der Waals surface area contributed by atoms with E-state index in [1.54, 1.807) is 0 Å². The molecular formula is C24H34. The van der Waals surface area contributed by atoms with Gasteiger partial charge in [0.25, 0.3) is 0 Å². The second-order valence-electron chi connectivity index (χ2n) is 4.80. The summed E-state index contributed by atoms with van der Waals surface area (Å²) >= 11 is 0. The molecule has 0 bridgehead atoms. The Morgan fingerprint density at radius 1 is 0.833 bits per heavy atom. The highest BCUT2D eigenvalue weighted by Crippen LogP contribution is 1.97. The molecule has 130 valence electrons. The van der Waals surface area contributed by atoms with Gasteiger partial charge in [-0.2, -0.15) is 0 Å². The molecular weight excluding hydrogens is 288 g/mol. The van der Waals surface area contributed by atoms with Crippen molar-refractivity contribution in [2.45, 2.75) is 66.2 Å². The third-order valence-electron chi connectivity index (χ3n) is 2.21. The first-order chi connectivity index (χ1) is 11.7. The van der Waals surface area contributed by atoms with E-state index in [0.717, 1.165) is 25.7 Å². The van der Waals surface area contributed by atoms with Gasteiger partial charge in [0.15, 0.2) is 0 Å². The number of rotatable bonds is 4. The molecule has 0 unspecified atom stereocenters. The number of hydrogen-bond acceptors (Lipinski definition) is 0. The van der Waals surface area contributed by atoms with Crippen LogP contribution in [0.25, 0.3) is 0 Å². The molecule has 0 nitrogen and oxygen atoms in total. The molecule has 1 aromatic rings. The smallest absolute Gasteiger partial charge is 0.0337 e. The van der Waals surface area contributed by atoms with Gasteiger partial charge >= 0.3 is 0 Å². The molecule has 0 fully saturated rings. The van der Waals surface area contributed by atoms with Gasteiger partial charge in [0.05, 0.1) is 0 Å². The second-order valence-corrected chi connectivity index (χ2v) is 4.80. The van der Waals surface area contributed by atoms with Gasteiger partial charge in [-0.25, -0.2) is 0 Å². The zero-order valence-corrected chi connectivity index (χ0v) is 16.0. The van der Waals surface area contributed by atoms with Crippen LogP contribution in [0.1, 0.15) is 65.4 Å². The maximum atomic E-state index is 5.11. The molecule has 0 atom stereocenters. The van der Waals surface area contributed by atoms with Crippen LogP contribution in [0.15, 0.2) is 42.5 Å². The summed E-state index contributed by atoms with van der Waals surface area (Å²) < 4.78 is 0. The van der Waals surface area contributed by atoms with Crippen LogP contribution in [-0.4, -0.2) is 0 Å². The van der Waals surface area contributed by atoms with E-state index in [4.69, 9.17) is 19.3 Å². The fourth-order valence-corrected chi connectivity index (χ4v) is 1.15. The number of allylic oxidation sites excluding steroid dienone is 2. The molecule has 24 heavy (non-hydrogen) atoms. The van der Waals surface area contributed by atoms with E-state index in [1.807, 2.05) is 43.3 Å². The minimum atomic E-state index is 0.737. The number of unbranched alkanes of at least 4 members (excludes halogenated alkanes) is 1.